The highest BCUT2D eigenvalue weighted by atomic mass is 35.5. The maximum Gasteiger partial charge on any atom is 0.233 e. The zero-order valence-corrected chi connectivity index (χ0v) is 13.7. The highest BCUT2D eigenvalue weighted by Crippen LogP contribution is 2.33. The molecule has 0 spiro atoms. The Bertz CT molecular complexity index is 1020. The topological polar surface area (TPSA) is 52.8 Å². The molecule has 118 valence electrons. The Morgan fingerprint density at radius 1 is 0.958 bits per heavy atom. The van der Waals surface area contributed by atoms with E-state index in [4.69, 9.17) is 27.9 Å². The summed E-state index contributed by atoms with van der Waals surface area (Å²) in [6.45, 7) is 0. The Kier molecular flexibility index (Phi) is 3.80. The van der Waals surface area contributed by atoms with Gasteiger partial charge in [-0.3, -0.25) is 0 Å². The number of para-hydroxylation sites is 1. The third-order valence-electron chi connectivity index (χ3n) is 3.43. The lowest BCUT2D eigenvalue weighted by molar-refractivity contribution is 0.468. The number of fused-ring (bicyclic) bond motifs is 1. The second-order valence-corrected chi connectivity index (χ2v) is 5.83. The van der Waals surface area contributed by atoms with E-state index in [1.165, 1.54) is 6.33 Å². The molecule has 0 atom stereocenters. The summed E-state index contributed by atoms with van der Waals surface area (Å²) in [5, 5.41) is 6.02. The normalized spacial score (nSPS) is 10.9. The van der Waals surface area contributed by atoms with Crippen LogP contribution in [0.5, 0.6) is 11.6 Å². The number of aromatic nitrogens is 4. The minimum Gasteiger partial charge on any atom is -0.437 e. The Hall–Kier alpha value is -2.63. The summed E-state index contributed by atoms with van der Waals surface area (Å²) in [4.78, 5) is 8.51. The molecule has 2 heterocycles. The lowest BCUT2D eigenvalue weighted by atomic mass is 10.3. The zero-order valence-electron chi connectivity index (χ0n) is 12.2. The first-order valence-corrected chi connectivity index (χ1v) is 7.85. The first-order valence-electron chi connectivity index (χ1n) is 7.09. The Balaban J connectivity index is 1.79. The van der Waals surface area contributed by atoms with Crippen LogP contribution in [0, 0.1) is 0 Å². The van der Waals surface area contributed by atoms with Gasteiger partial charge in [0.2, 0.25) is 5.88 Å². The molecule has 0 aliphatic carbocycles. The molecule has 0 fully saturated rings. The van der Waals surface area contributed by atoms with Crippen molar-refractivity contribution in [1.82, 2.24) is 19.7 Å². The number of rotatable bonds is 3. The lowest BCUT2D eigenvalue weighted by Gasteiger charge is -2.07. The minimum absolute atomic E-state index is 0.381. The SMILES string of the molecule is Clc1ccc(Oc2ncnc3c2cnn3-c2ccccc2)c(Cl)c1. The molecular formula is C17H10Cl2N4O. The Morgan fingerprint density at radius 3 is 2.58 bits per heavy atom. The summed E-state index contributed by atoms with van der Waals surface area (Å²) in [6.07, 6.45) is 3.10. The van der Waals surface area contributed by atoms with E-state index in [-0.39, 0.29) is 0 Å². The summed E-state index contributed by atoms with van der Waals surface area (Å²) >= 11 is 12.1. The molecule has 24 heavy (non-hydrogen) atoms. The van der Waals surface area contributed by atoms with E-state index in [1.54, 1.807) is 29.1 Å². The van der Waals surface area contributed by atoms with Crippen molar-refractivity contribution in [2.24, 2.45) is 0 Å². The molecule has 5 nitrogen and oxygen atoms in total. The van der Waals surface area contributed by atoms with Gasteiger partial charge >= 0.3 is 0 Å². The van der Waals surface area contributed by atoms with Gasteiger partial charge in [-0.1, -0.05) is 41.4 Å². The minimum atomic E-state index is 0.381. The Morgan fingerprint density at radius 2 is 1.79 bits per heavy atom. The molecule has 4 rings (SSSR count). The standard InChI is InChI=1S/C17H10Cl2N4O/c18-11-6-7-15(14(19)8-11)24-17-13-9-22-23(16(13)20-10-21-17)12-4-2-1-3-5-12/h1-10H. The largest absolute Gasteiger partial charge is 0.437 e. The first kappa shape index (κ1) is 14.9. The van der Waals surface area contributed by atoms with Crippen molar-refractivity contribution in [2.75, 3.05) is 0 Å². The predicted octanol–water partition coefficient (Wildman–Crippen LogP) is 4.91. The molecule has 0 bridgehead atoms. The van der Waals surface area contributed by atoms with E-state index in [0.29, 0.717) is 32.7 Å². The first-order chi connectivity index (χ1) is 11.7. The molecule has 0 aliphatic rings. The molecule has 0 amide bonds. The van der Waals surface area contributed by atoms with Gasteiger partial charge in [0.1, 0.15) is 17.5 Å². The predicted molar refractivity (Wildman–Crippen MR) is 93.2 cm³/mol. The highest BCUT2D eigenvalue weighted by molar-refractivity contribution is 6.35. The van der Waals surface area contributed by atoms with E-state index >= 15 is 0 Å². The van der Waals surface area contributed by atoms with Crippen LogP contribution in [0.15, 0.2) is 61.1 Å². The van der Waals surface area contributed by atoms with Crippen LogP contribution < -0.4 is 4.74 Å². The van der Waals surface area contributed by atoms with Crippen LogP contribution in [0.1, 0.15) is 0 Å². The number of hydrogen-bond acceptors (Lipinski definition) is 4. The maximum absolute atomic E-state index is 6.16. The van der Waals surface area contributed by atoms with Crippen LogP contribution in [0.25, 0.3) is 16.7 Å². The second kappa shape index (κ2) is 6.11. The van der Waals surface area contributed by atoms with E-state index in [9.17, 15) is 0 Å². The summed E-state index contributed by atoms with van der Waals surface area (Å²) in [5.41, 5.74) is 1.55. The number of ether oxygens (including phenoxy) is 1. The fourth-order valence-corrected chi connectivity index (χ4v) is 2.77. The average molecular weight is 357 g/mol. The molecule has 0 saturated heterocycles. The van der Waals surface area contributed by atoms with Gasteiger partial charge in [0.05, 0.1) is 16.9 Å². The van der Waals surface area contributed by atoms with Gasteiger partial charge in [0.25, 0.3) is 0 Å². The van der Waals surface area contributed by atoms with Crippen LogP contribution in [-0.4, -0.2) is 19.7 Å². The second-order valence-electron chi connectivity index (χ2n) is 4.98. The van der Waals surface area contributed by atoms with Gasteiger partial charge in [-0.25, -0.2) is 14.6 Å². The Labute approximate surface area is 147 Å². The van der Waals surface area contributed by atoms with Gasteiger partial charge in [-0.05, 0) is 30.3 Å². The highest BCUT2D eigenvalue weighted by Gasteiger charge is 2.14. The van der Waals surface area contributed by atoms with E-state index in [0.717, 1.165) is 5.69 Å². The van der Waals surface area contributed by atoms with Crippen molar-refractivity contribution in [1.29, 1.82) is 0 Å². The molecule has 0 aliphatic heterocycles. The monoisotopic (exact) mass is 356 g/mol. The molecule has 7 heteroatoms. The van der Waals surface area contributed by atoms with Crippen LogP contribution in [0.4, 0.5) is 0 Å². The number of benzene rings is 2. The molecular weight excluding hydrogens is 347 g/mol. The molecule has 0 N–H and O–H groups in total. The maximum atomic E-state index is 6.16. The van der Waals surface area contributed by atoms with Crippen molar-refractivity contribution in [3.05, 3.63) is 71.1 Å². The third kappa shape index (κ3) is 2.68. The van der Waals surface area contributed by atoms with Gasteiger partial charge in [0.15, 0.2) is 5.65 Å². The quantitative estimate of drug-likeness (QED) is 0.523. The summed E-state index contributed by atoms with van der Waals surface area (Å²) < 4.78 is 7.56. The zero-order chi connectivity index (χ0) is 16.5. The van der Waals surface area contributed by atoms with E-state index in [1.807, 2.05) is 30.3 Å². The molecule has 0 saturated carbocycles. The summed E-state index contributed by atoms with van der Waals surface area (Å²) in [5.74, 6) is 0.847. The van der Waals surface area contributed by atoms with Crippen molar-refractivity contribution in [2.45, 2.75) is 0 Å². The van der Waals surface area contributed by atoms with E-state index in [2.05, 4.69) is 15.1 Å². The lowest BCUT2D eigenvalue weighted by Crippen LogP contribution is -1.98. The summed E-state index contributed by atoms with van der Waals surface area (Å²) in [6, 6.07) is 14.7. The van der Waals surface area contributed by atoms with Crippen LogP contribution >= 0.6 is 23.2 Å². The molecule has 0 radical (unpaired) electrons. The smallest absolute Gasteiger partial charge is 0.233 e. The van der Waals surface area contributed by atoms with Crippen molar-refractivity contribution in [3.8, 4) is 17.3 Å². The molecule has 0 unspecified atom stereocenters. The van der Waals surface area contributed by atoms with E-state index < -0.39 is 0 Å². The van der Waals surface area contributed by atoms with Crippen molar-refractivity contribution >= 4 is 34.2 Å². The van der Waals surface area contributed by atoms with Gasteiger partial charge in [-0.15, -0.1) is 0 Å². The molecule has 4 aromatic rings. The third-order valence-corrected chi connectivity index (χ3v) is 3.96. The van der Waals surface area contributed by atoms with Crippen molar-refractivity contribution in [3.63, 3.8) is 0 Å². The fraction of sp³-hybridized carbons (Fsp3) is 0. The molecule has 2 aromatic carbocycles. The van der Waals surface area contributed by atoms with Crippen LogP contribution in [0.2, 0.25) is 10.0 Å². The van der Waals surface area contributed by atoms with Gasteiger partial charge < -0.3 is 4.74 Å². The number of hydrogen-bond donors (Lipinski definition) is 0. The van der Waals surface area contributed by atoms with Crippen molar-refractivity contribution < 1.29 is 4.74 Å². The number of halogens is 2. The summed E-state index contributed by atoms with van der Waals surface area (Å²) in [7, 11) is 0. The number of nitrogens with zero attached hydrogens (tertiary/aromatic N) is 4. The molecule has 2 aromatic heterocycles. The van der Waals surface area contributed by atoms with Crippen LogP contribution in [0.3, 0.4) is 0 Å². The fourth-order valence-electron chi connectivity index (χ4n) is 2.32. The van der Waals surface area contributed by atoms with Gasteiger partial charge in [-0.2, -0.15) is 5.10 Å². The van der Waals surface area contributed by atoms with Crippen LogP contribution in [-0.2, 0) is 0 Å². The average Bonchev–Trinajstić information content (AvgIpc) is 3.03. The van der Waals surface area contributed by atoms with Gasteiger partial charge in [0, 0.05) is 5.02 Å².